The molecule has 0 aromatic carbocycles. The van der Waals surface area contributed by atoms with E-state index in [1.165, 1.54) is 16.4 Å². The van der Waals surface area contributed by atoms with E-state index in [1.807, 2.05) is 0 Å². The van der Waals surface area contributed by atoms with E-state index in [4.69, 9.17) is 4.98 Å². The van der Waals surface area contributed by atoms with Crippen molar-refractivity contribution in [3.05, 3.63) is 16.4 Å². The van der Waals surface area contributed by atoms with Crippen molar-refractivity contribution in [2.75, 3.05) is 0 Å². The Labute approximate surface area is 107 Å². The minimum absolute atomic E-state index is 0.477. The molecule has 0 spiro atoms. The summed E-state index contributed by atoms with van der Waals surface area (Å²) in [6.45, 7) is 11.1. The number of fused-ring (bicyclic) bond motifs is 1. The molecular formula is C13H21N3S. The molecule has 0 aliphatic carbocycles. The molecule has 0 aliphatic heterocycles. The number of nitrogens with zero attached hydrogens (tertiary/aromatic N) is 3. The van der Waals surface area contributed by atoms with Gasteiger partial charge in [0.25, 0.3) is 0 Å². The first-order valence-electron chi connectivity index (χ1n) is 6.40. The zero-order valence-electron chi connectivity index (χ0n) is 11.3. The SMILES string of the molecule is CCc1nn2c(C(C)C)c(CC(C)C)nc2s1. The quantitative estimate of drug-likeness (QED) is 0.830. The summed E-state index contributed by atoms with van der Waals surface area (Å²) in [5.41, 5.74) is 2.53. The first-order valence-corrected chi connectivity index (χ1v) is 7.21. The molecule has 2 rings (SSSR count). The van der Waals surface area contributed by atoms with Crippen molar-refractivity contribution in [2.24, 2.45) is 5.92 Å². The number of hydrogen-bond acceptors (Lipinski definition) is 3. The first kappa shape index (κ1) is 12.6. The predicted molar refractivity (Wildman–Crippen MR) is 72.9 cm³/mol. The summed E-state index contributed by atoms with van der Waals surface area (Å²) < 4.78 is 2.06. The second-order valence-electron chi connectivity index (χ2n) is 5.24. The van der Waals surface area contributed by atoms with Crippen LogP contribution in [0, 0.1) is 5.92 Å². The molecule has 0 fully saturated rings. The number of rotatable bonds is 4. The third-order valence-corrected chi connectivity index (χ3v) is 3.86. The minimum Gasteiger partial charge on any atom is -0.222 e. The molecule has 0 saturated heterocycles. The Balaban J connectivity index is 2.53. The molecule has 94 valence electrons. The van der Waals surface area contributed by atoms with Gasteiger partial charge in [-0.3, -0.25) is 0 Å². The Morgan fingerprint density at radius 3 is 2.47 bits per heavy atom. The molecule has 0 saturated carbocycles. The number of hydrogen-bond donors (Lipinski definition) is 0. The molecule has 0 bridgehead atoms. The summed E-state index contributed by atoms with van der Waals surface area (Å²) >= 11 is 1.72. The van der Waals surface area contributed by atoms with Gasteiger partial charge in [-0.2, -0.15) is 5.10 Å². The lowest BCUT2D eigenvalue weighted by Crippen LogP contribution is -2.04. The van der Waals surface area contributed by atoms with Gasteiger partial charge in [0, 0.05) is 0 Å². The lowest BCUT2D eigenvalue weighted by molar-refractivity contribution is 0.622. The topological polar surface area (TPSA) is 30.2 Å². The van der Waals surface area contributed by atoms with E-state index >= 15 is 0 Å². The van der Waals surface area contributed by atoms with Crippen LogP contribution in [0.2, 0.25) is 0 Å². The molecule has 0 N–H and O–H groups in total. The Morgan fingerprint density at radius 2 is 1.94 bits per heavy atom. The molecule has 0 aliphatic rings. The lowest BCUT2D eigenvalue weighted by atomic mass is 10.0. The van der Waals surface area contributed by atoms with Crippen molar-refractivity contribution in [1.82, 2.24) is 14.6 Å². The molecule has 17 heavy (non-hydrogen) atoms. The fourth-order valence-electron chi connectivity index (χ4n) is 2.10. The molecule has 3 nitrogen and oxygen atoms in total. The summed E-state index contributed by atoms with van der Waals surface area (Å²) in [5.74, 6) is 1.12. The molecular weight excluding hydrogens is 230 g/mol. The van der Waals surface area contributed by atoms with Gasteiger partial charge in [0.2, 0.25) is 4.96 Å². The highest BCUT2D eigenvalue weighted by Crippen LogP contribution is 2.26. The predicted octanol–water partition coefficient (Wildman–Crippen LogP) is 3.68. The van der Waals surface area contributed by atoms with Crippen LogP contribution in [0.25, 0.3) is 4.96 Å². The summed E-state index contributed by atoms with van der Waals surface area (Å²) in [7, 11) is 0. The maximum atomic E-state index is 4.76. The lowest BCUT2D eigenvalue weighted by Gasteiger charge is -2.08. The Kier molecular flexibility index (Phi) is 3.52. The van der Waals surface area contributed by atoms with Gasteiger partial charge in [0.1, 0.15) is 5.01 Å². The van der Waals surface area contributed by atoms with Gasteiger partial charge in [-0.25, -0.2) is 9.50 Å². The highest BCUT2D eigenvalue weighted by molar-refractivity contribution is 7.16. The Morgan fingerprint density at radius 1 is 1.24 bits per heavy atom. The molecule has 2 heterocycles. The molecule has 0 radical (unpaired) electrons. The third-order valence-electron chi connectivity index (χ3n) is 2.81. The Bertz CT molecular complexity index is 508. The van der Waals surface area contributed by atoms with Crippen molar-refractivity contribution < 1.29 is 0 Å². The maximum Gasteiger partial charge on any atom is 0.212 e. The first-order chi connectivity index (χ1) is 8.02. The van der Waals surface area contributed by atoms with Crippen molar-refractivity contribution in [2.45, 2.75) is 53.4 Å². The van der Waals surface area contributed by atoms with Crippen LogP contribution in [-0.4, -0.2) is 14.6 Å². The average Bonchev–Trinajstić information content (AvgIpc) is 2.71. The van der Waals surface area contributed by atoms with Crippen LogP contribution in [-0.2, 0) is 12.8 Å². The molecule has 0 amide bonds. The summed E-state index contributed by atoms with van der Waals surface area (Å²) in [5, 5.41) is 5.82. The third kappa shape index (κ3) is 2.37. The van der Waals surface area contributed by atoms with Crippen LogP contribution < -0.4 is 0 Å². The van der Waals surface area contributed by atoms with Crippen LogP contribution >= 0.6 is 11.3 Å². The Hall–Kier alpha value is -0.900. The second kappa shape index (κ2) is 4.77. The zero-order valence-corrected chi connectivity index (χ0v) is 12.1. The number of imidazole rings is 1. The maximum absolute atomic E-state index is 4.76. The molecule has 0 unspecified atom stereocenters. The standard InChI is InChI=1S/C13H21N3S/c1-6-11-15-16-12(9(4)5)10(7-8(2)3)14-13(16)17-11/h8-9H,6-7H2,1-5H3. The van der Waals surface area contributed by atoms with E-state index in [2.05, 4.69) is 44.2 Å². The number of aryl methyl sites for hydroxylation is 1. The molecule has 4 heteroatoms. The van der Waals surface area contributed by atoms with Gasteiger partial charge < -0.3 is 0 Å². The fraction of sp³-hybridized carbons (Fsp3) is 0.692. The van der Waals surface area contributed by atoms with Gasteiger partial charge in [-0.15, -0.1) is 0 Å². The summed E-state index contributed by atoms with van der Waals surface area (Å²) in [6.07, 6.45) is 2.04. The van der Waals surface area contributed by atoms with Gasteiger partial charge in [-0.1, -0.05) is 46.0 Å². The van der Waals surface area contributed by atoms with E-state index in [1.54, 1.807) is 11.3 Å². The summed E-state index contributed by atoms with van der Waals surface area (Å²) in [6, 6.07) is 0. The van der Waals surface area contributed by atoms with E-state index in [9.17, 15) is 0 Å². The van der Waals surface area contributed by atoms with Crippen molar-refractivity contribution in [1.29, 1.82) is 0 Å². The second-order valence-corrected chi connectivity index (χ2v) is 6.28. The zero-order chi connectivity index (χ0) is 12.6. The minimum atomic E-state index is 0.477. The van der Waals surface area contributed by atoms with Crippen molar-refractivity contribution in [3.8, 4) is 0 Å². The van der Waals surface area contributed by atoms with E-state index in [0.29, 0.717) is 11.8 Å². The van der Waals surface area contributed by atoms with Crippen LogP contribution in [0.1, 0.15) is 56.9 Å². The number of aromatic nitrogens is 3. The van der Waals surface area contributed by atoms with Gasteiger partial charge in [-0.05, 0) is 24.7 Å². The monoisotopic (exact) mass is 251 g/mol. The van der Waals surface area contributed by atoms with Crippen LogP contribution in [0.3, 0.4) is 0 Å². The van der Waals surface area contributed by atoms with E-state index in [-0.39, 0.29) is 0 Å². The normalized spacial score (nSPS) is 12.2. The van der Waals surface area contributed by atoms with Crippen LogP contribution in [0.4, 0.5) is 0 Å². The average molecular weight is 251 g/mol. The van der Waals surface area contributed by atoms with Gasteiger partial charge >= 0.3 is 0 Å². The van der Waals surface area contributed by atoms with Gasteiger partial charge in [0.15, 0.2) is 0 Å². The van der Waals surface area contributed by atoms with Gasteiger partial charge in [0.05, 0.1) is 11.4 Å². The summed E-state index contributed by atoms with van der Waals surface area (Å²) in [4.78, 5) is 5.82. The van der Waals surface area contributed by atoms with E-state index < -0.39 is 0 Å². The molecule has 2 aromatic heterocycles. The van der Waals surface area contributed by atoms with Crippen molar-refractivity contribution >= 4 is 16.3 Å². The largest absolute Gasteiger partial charge is 0.222 e. The van der Waals surface area contributed by atoms with Crippen LogP contribution in [0.15, 0.2) is 0 Å². The molecule has 2 aromatic rings. The van der Waals surface area contributed by atoms with Crippen molar-refractivity contribution in [3.63, 3.8) is 0 Å². The highest BCUT2D eigenvalue weighted by Gasteiger charge is 2.19. The highest BCUT2D eigenvalue weighted by atomic mass is 32.1. The van der Waals surface area contributed by atoms with Crippen LogP contribution in [0.5, 0.6) is 0 Å². The molecule has 0 atom stereocenters. The smallest absolute Gasteiger partial charge is 0.212 e. The van der Waals surface area contributed by atoms with E-state index in [0.717, 1.165) is 17.8 Å². The fourth-order valence-corrected chi connectivity index (χ4v) is 2.96.